The van der Waals surface area contributed by atoms with Gasteiger partial charge in [0.15, 0.2) is 5.65 Å². The third-order valence-electron chi connectivity index (χ3n) is 6.12. The van der Waals surface area contributed by atoms with Gasteiger partial charge in [-0.25, -0.2) is 9.50 Å². The number of alkyl halides is 2. The van der Waals surface area contributed by atoms with Crippen LogP contribution in [-0.4, -0.2) is 59.4 Å². The van der Waals surface area contributed by atoms with Crippen LogP contribution in [0.25, 0.3) is 16.9 Å². The van der Waals surface area contributed by atoms with Gasteiger partial charge < -0.3 is 15.4 Å². The van der Waals surface area contributed by atoms with E-state index in [1.807, 2.05) is 0 Å². The molecule has 1 saturated heterocycles. The molecule has 0 radical (unpaired) electrons. The maximum absolute atomic E-state index is 13.3. The third-order valence-corrected chi connectivity index (χ3v) is 7.92. The molecule has 6 rings (SSSR count). The highest BCUT2D eigenvalue weighted by Gasteiger charge is 2.31. The molecule has 10 nitrogen and oxygen atoms in total. The van der Waals surface area contributed by atoms with E-state index in [1.165, 1.54) is 22.8 Å². The zero-order valence-corrected chi connectivity index (χ0v) is 19.6. The summed E-state index contributed by atoms with van der Waals surface area (Å²) in [5.74, 6) is -0.600. The summed E-state index contributed by atoms with van der Waals surface area (Å²) in [6.45, 7) is -1.71. The van der Waals surface area contributed by atoms with Crippen molar-refractivity contribution < 1.29 is 22.5 Å². The Morgan fingerprint density at radius 3 is 2.83 bits per heavy atom. The predicted octanol–water partition coefficient (Wildman–Crippen LogP) is 2.86. The largest absolute Gasteiger partial charge is 0.434 e. The Morgan fingerprint density at radius 2 is 2.11 bits per heavy atom. The minimum Gasteiger partial charge on any atom is -0.434 e. The molecule has 1 atom stereocenters. The molecule has 4 heterocycles. The molecule has 1 aromatic carbocycles. The number of hydrogen-bond donors (Lipinski definition) is 2. The van der Waals surface area contributed by atoms with Gasteiger partial charge in [0, 0.05) is 47.4 Å². The van der Waals surface area contributed by atoms with Gasteiger partial charge >= 0.3 is 6.61 Å². The lowest BCUT2D eigenvalue weighted by Gasteiger charge is -2.27. The Hall–Kier alpha value is -3.71. The molecule has 2 fully saturated rings. The summed E-state index contributed by atoms with van der Waals surface area (Å²) in [4.78, 5) is 17.9. The zero-order chi connectivity index (χ0) is 24.8. The Labute approximate surface area is 206 Å². The monoisotopic (exact) mass is 513 g/mol. The van der Waals surface area contributed by atoms with Crippen LogP contribution in [0.3, 0.4) is 0 Å². The highest BCUT2D eigenvalue weighted by molar-refractivity contribution is 7.86. The van der Waals surface area contributed by atoms with E-state index in [1.54, 1.807) is 35.4 Å². The van der Waals surface area contributed by atoms with E-state index in [0.29, 0.717) is 29.3 Å². The quantitative estimate of drug-likeness (QED) is 0.372. The van der Waals surface area contributed by atoms with Crippen LogP contribution in [0.2, 0.25) is 0 Å². The van der Waals surface area contributed by atoms with Crippen molar-refractivity contribution in [3.63, 3.8) is 0 Å². The number of benzene rings is 1. The molecule has 36 heavy (non-hydrogen) atoms. The Bertz CT molecular complexity index is 1480. The summed E-state index contributed by atoms with van der Waals surface area (Å²) in [7, 11) is -1.27. The van der Waals surface area contributed by atoms with Crippen LogP contribution in [0.5, 0.6) is 5.75 Å². The average molecular weight is 514 g/mol. The number of carbonyl (C=O) groups excluding carboxylic acids is 1. The molecule has 1 aliphatic heterocycles. The van der Waals surface area contributed by atoms with Gasteiger partial charge in [-0.15, -0.1) is 0 Å². The Morgan fingerprint density at radius 1 is 1.28 bits per heavy atom. The number of nitrogens with one attached hydrogen (secondary N) is 2. The van der Waals surface area contributed by atoms with Crippen molar-refractivity contribution in [2.45, 2.75) is 35.6 Å². The van der Waals surface area contributed by atoms with Crippen molar-refractivity contribution in [3.05, 3.63) is 54.6 Å². The molecule has 0 bridgehead atoms. The van der Waals surface area contributed by atoms with Crippen molar-refractivity contribution in [1.82, 2.24) is 29.7 Å². The molecule has 3 aromatic heterocycles. The van der Waals surface area contributed by atoms with Gasteiger partial charge in [-0.2, -0.15) is 19.0 Å². The van der Waals surface area contributed by atoms with E-state index in [0.717, 1.165) is 12.8 Å². The van der Waals surface area contributed by atoms with Crippen LogP contribution in [0, 0.1) is 0 Å². The molecule has 2 N–H and O–H groups in total. The minimum absolute atomic E-state index is 0.0382. The maximum Gasteiger partial charge on any atom is 0.387 e. The number of fused-ring (bicyclic) bond motifs is 1. The Kier molecular flexibility index (Phi) is 5.72. The van der Waals surface area contributed by atoms with Crippen molar-refractivity contribution >= 4 is 28.0 Å². The van der Waals surface area contributed by atoms with Crippen molar-refractivity contribution in [1.29, 1.82) is 0 Å². The van der Waals surface area contributed by atoms with Gasteiger partial charge in [0.2, 0.25) is 0 Å². The molecule has 4 aromatic rings. The number of rotatable bonds is 8. The molecule has 13 heteroatoms. The summed E-state index contributed by atoms with van der Waals surface area (Å²) >= 11 is 0. The van der Waals surface area contributed by atoms with E-state index in [4.69, 9.17) is 4.74 Å². The summed E-state index contributed by atoms with van der Waals surface area (Å²) in [5, 5.41) is 14.8. The standard InChI is InChI=1S/C23H21F2N7O3S/c24-23(25)35-19-5-4-15(36(34)14-2-3-14)8-16(19)20-18(12-32(30-20)13-9-26-10-13)29-22(33)17-11-28-31-7-1-6-27-21(17)31/h1,4-8,11-14,23,26H,2-3,9-10H2,(H,29,33). The molecule has 1 aliphatic carbocycles. The number of ether oxygens (including phenoxy) is 1. The molecule has 1 saturated carbocycles. The SMILES string of the molecule is O=C(Nc1cn(C2CNC2)nc1-c1cc(S(=O)C2CC2)ccc1OC(F)F)c1cnn2cccnc12. The topological polar surface area (TPSA) is 115 Å². The first kappa shape index (κ1) is 22.7. The molecule has 0 spiro atoms. The van der Waals surface area contributed by atoms with Crippen LogP contribution in [0.1, 0.15) is 29.2 Å². The van der Waals surface area contributed by atoms with Crippen LogP contribution >= 0.6 is 0 Å². The van der Waals surface area contributed by atoms with Gasteiger partial charge in [-0.3, -0.25) is 13.7 Å². The first-order valence-electron chi connectivity index (χ1n) is 11.4. The first-order valence-corrected chi connectivity index (χ1v) is 12.6. The number of nitrogens with zero attached hydrogens (tertiary/aromatic N) is 5. The number of anilines is 1. The van der Waals surface area contributed by atoms with Gasteiger partial charge in [-0.05, 0) is 37.1 Å². The molecular weight excluding hydrogens is 492 g/mol. The van der Waals surface area contributed by atoms with E-state index in [2.05, 4.69) is 25.8 Å². The minimum atomic E-state index is -3.07. The second kappa shape index (κ2) is 9.06. The second-order valence-electron chi connectivity index (χ2n) is 8.62. The Balaban J connectivity index is 1.42. The second-order valence-corrected chi connectivity index (χ2v) is 10.3. The number of amides is 1. The van der Waals surface area contributed by atoms with Gasteiger partial charge in [0.05, 0.1) is 28.7 Å². The summed E-state index contributed by atoms with van der Waals surface area (Å²) in [6, 6.07) is 6.20. The average Bonchev–Trinajstić information content (AvgIpc) is 3.47. The first-order chi connectivity index (χ1) is 17.5. The number of carbonyl (C=O) groups is 1. The van der Waals surface area contributed by atoms with Crippen molar-refractivity contribution in [2.75, 3.05) is 18.4 Å². The van der Waals surface area contributed by atoms with Crippen molar-refractivity contribution in [2.24, 2.45) is 0 Å². The highest BCUT2D eigenvalue weighted by atomic mass is 32.2. The van der Waals surface area contributed by atoms with Crippen LogP contribution in [-0.2, 0) is 10.8 Å². The lowest BCUT2D eigenvalue weighted by Crippen LogP contribution is -2.43. The zero-order valence-electron chi connectivity index (χ0n) is 18.8. The molecule has 186 valence electrons. The van der Waals surface area contributed by atoms with E-state index in [9.17, 15) is 17.8 Å². The summed E-state index contributed by atoms with van der Waals surface area (Å²) in [6.07, 6.45) is 8.01. The van der Waals surface area contributed by atoms with Gasteiger partial charge in [0.25, 0.3) is 5.91 Å². The smallest absolute Gasteiger partial charge is 0.387 e. The third kappa shape index (κ3) is 4.24. The molecule has 1 unspecified atom stereocenters. The van der Waals surface area contributed by atoms with Crippen molar-refractivity contribution in [3.8, 4) is 17.0 Å². The van der Waals surface area contributed by atoms with E-state index in [-0.39, 0.29) is 33.9 Å². The lowest BCUT2D eigenvalue weighted by molar-refractivity contribution is -0.0494. The predicted molar refractivity (Wildman–Crippen MR) is 127 cm³/mol. The fourth-order valence-electron chi connectivity index (χ4n) is 4.00. The molecule has 1 amide bonds. The van der Waals surface area contributed by atoms with Crippen LogP contribution in [0.4, 0.5) is 14.5 Å². The summed E-state index contributed by atoms with van der Waals surface area (Å²) in [5.41, 5.74) is 1.38. The highest BCUT2D eigenvalue weighted by Crippen LogP contribution is 2.39. The maximum atomic E-state index is 13.3. The van der Waals surface area contributed by atoms with E-state index >= 15 is 0 Å². The van der Waals surface area contributed by atoms with E-state index < -0.39 is 23.3 Å². The lowest BCUT2D eigenvalue weighted by atomic mass is 10.1. The normalized spacial score (nSPS) is 16.8. The summed E-state index contributed by atoms with van der Waals surface area (Å²) < 4.78 is 47.3. The fourth-order valence-corrected chi connectivity index (χ4v) is 5.38. The van der Waals surface area contributed by atoms with Gasteiger partial charge in [0.1, 0.15) is 17.0 Å². The van der Waals surface area contributed by atoms with Crippen LogP contribution < -0.4 is 15.4 Å². The molecule has 2 aliphatic rings. The number of hydrogen-bond acceptors (Lipinski definition) is 7. The van der Waals surface area contributed by atoms with Crippen LogP contribution in [0.15, 0.2) is 53.9 Å². The van der Waals surface area contributed by atoms with Gasteiger partial charge in [-0.1, -0.05) is 0 Å². The fraction of sp³-hybridized carbons (Fsp3) is 0.304. The molecular formula is C23H21F2N7O3S. The number of halogens is 2. The number of aromatic nitrogens is 5.